The number of imidazole rings is 1. The van der Waals surface area contributed by atoms with Crippen LogP contribution in [0.2, 0.25) is 5.02 Å². The number of H-pyrrole nitrogens is 1. The van der Waals surface area contributed by atoms with E-state index in [-0.39, 0.29) is 0 Å². The van der Waals surface area contributed by atoms with Gasteiger partial charge in [-0.2, -0.15) is 0 Å². The number of aromatic amines is 1. The van der Waals surface area contributed by atoms with Gasteiger partial charge in [-0.3, -0.25) is 0 Å². The van der Waals surface area contributed by atoms with E-state index in [4.69, 9.17) is 11.6 Å². The first-order valence-corrected chi connectivity index (χ1v) is 6.35. The molecule has 2 heterocycles. The highest BCUT2D eigenvalue weighted by Crippen LogP contribution is 2.28. The molecule has 0 radical (unpaired) electrons. The minimum absolute atomic E-state index is 0.692. The van der Waals surface area contributed by atoms with E-state index in [0.717, 1.165) is 17.9 Å². The lowest BCUT2D eigenvalue weighted by atomic mass is 10.2. The maximum absolute atomic E-state index is 6.29. The third kappa shape index (κ3) is 2.48. The van der Waals surface area contributed by atoms with Gasteiger partial charge in [-0.15, -0.1) is 0 Å². The molecule has 2 N–H and O–H groups in total. The zero-order valence-corrected chi connectivity index (χ0v) is 10.9. The molecule has 4 nitrogen and oxygen atoms in total. The first-order chi connectivity index (χ1) is 9.34. The van der Waals surface area contributed by atoms with Crippen molar-refractivity contribution in [2.24, 2.45) is 0 Å². The molecule has 5 heteroatoms. The zero-order valence-electron chi connectivity index (χ0n) is 10.2. The van der Waals surface area contributed by atoms with Crippen LogP contribution in [-0.4, -0.2) is 14.5 Å². The Morgan fingerprint density at radius 2 is 2.26 bits per heavy atom. The summed E-state index contributed by atoms with van der Waals surface area (Å²) in [5.41, 5.74) is 3.08. The van der Waals surface area contributed by atoms with Crippen LogP contribution in [-0.2, 0) is 6.54 Å². The normalized spacial score (nSPS) is 10.6. The van der Waals surface area contributed by atoms with Crippen molar-refractivity contribution >= 4 is 17.3 Å². The molecule has 1 aromatic carbocycles. The summed E-state index contributed by atoms with van der Waals surface area (Å²) in [6.45, 7) is 0.742. The van der Waals surface area contributed by atoms with Crippen LogP contribution in [0.4, 0.5) is 5.69 Å². The summed E-state index contributed by atoms with van der Waals surface area (Å²) < 4.78 is 1.90. The highest BCUT2D eigenvalue weighted by molar-refractivity contribution is 6.33. The van der Waals surface area contributed by atoms with Crippen LogP contribution in [0.5, 0.6) is 0 Å². The molecule has 0 spiro atoms. The first kappa shape index (κ1) is 11.9. The number of anilines is 1. The third-order valence-electron chi connectivity index (χ3n) is 2.89. The number of nitrogens with one attached hydrogen (secondary N) is 2. The van der Waals surface area contributed by atoms with Crippen LogP contribution in [0.3, 0.4) is 0 Å². The molecule has 0 amide bonds. The monoisotopic (exact) mass is 272 g/mol. The molecule has 3 rings (SSSR count). The maximum Gasteiger partial charge on any atom is 0.0992 e. The van der Waals surface area contributed by atoms with Crippen molar-refractivity contribution in [3.05, 3.63) is 66.0 Å². The lowest BCUT2D eigenvalue weighted by Crippen LogP contribution is -2.03. The molecule has 19 heavy (non-hydrogen) atoms. The van der Waals surface area contributed by atoms with E-state index in [9.17, 15) is 0 Å². The number of aromatic nitrogens is 3. The van der Waals surface area contributed by atoms with E-state index < -0.39 is 0 Å². The van der Waals surface area contributed by atoms with Crippen LogP contribution in [0.1, 0.15) is 5.56 Å². The van der Waals surface area contributed by atoms with Crippen LogP contribution in [0, 0.1) is 0 Å². The number of rotatable bonds is 4. The van der Waals surface area contributed by atoms with E-state index >= 15 is 0 Å². The second-order valence-electron chi connectivity index (χ2n) is 4.18. The predicted octanol–water partition coefficient (Wildman–Crippen LogP) is 3.47. The Morgan fingerprint density at radius 1 is 1.32 bits per heavy atom. The molecule has 2 aromatic heterocycles. The van der Waals surface area contributed by atoms with E-state index in [0.29, 0.717) is 5.02 Å². The Morgan fingerprint density at radius 3 is 3.00 bits per heavy atom. The number of benzene rings is 1. The molecule has 0 saturated carbocycles. The fourth-order valence-electron chi connectivity index (χ4n) is 1.98. The van der Waals surface area contributed by atoms with E-state index in [1.165, 1.54) is 5.56 Å². The van der Waals surface area contributed by atoms with Gasteiger partial charge >= 0.3 is 0 Å². The van der Waals surface area contributed by atoms with Crippen molar-refractivity contribution in [2.75, 3.05) is 5.32 Å². The Labute approximate surface area is 116 Å². The summed E-state index contributed by atoms with van der Waals surface area (Å²) in [5, 5.41) is 4.08. The summed E-state index contributed by atoms with van der Waals surface area (Å²) in [4.78, 5) is 7.10. The summed E-state index contributed by atoms with van der Waals surface area (Å²) in [6, 6.07) is 7.85. The van der Waals surface area contributed by atoms with E-state index in [1.807, 2.05) is 47.4 Å². The third-order valence-corrected chi connectivity index (χ3v) is 3.20. The molecule has 3 aromatic rings. The number of hydrogen-bond acceptors (Lipinski definition) is 2. The summed E-state index contributed by atoms with van der Waals surface area (Å²) in [5.74, 6) is 0. The fraction of sp³-hybridized carbons (Fsp3) is 0.0714. The van der Waals surface area contributed by atoms with Gasteiger partial charge in [0.05, 0.1) is 22.7 Å². The van der Waals surface area contributed by atoms with E-state index in [2.05, 4.69) is 15.3 Å². The van der Waals surface area contributed by atoms with Gasteiger partial charge in [-0.1, -0.05) is 17.7 Å². The fourth-order valence-corrected chi connectivity index (χ4v) is 2.25. The molecule has 96 valence electrons. The van der Waals surface area contributed by atoms with E-state index in [1.54, 1.807) is 12.5 Å². The van der Waals surface area contributed by atoms with Crippen molar-refractivity contribution < 1.29 is 0 Å². The predicted molar refractivity (Wildman–Crippen MR) is 76.7 cm³/mol. The topological polar surface area (TPSA) is 45.6 Å². The molecule has 0 aliphatic carbocycles. The van der Waals surface area contributed by atoms with Crippen LogP contribution in [0.15, 0.2) is 55.4 Å². The lowest BCUT2D eigenvalue weighted by molar-refractivity contribution is 1.04. The average Bonchev–Trinajstić information content (AvgIpc) is 3.09. The molecule has 0 unspecified atom stereocenters. The van der Waals surface area contributed by atoms with Crippen LogP contribution < -0.4 is 5.32 Å². The molecule has 0 aliphatic rings. The molecule has 0 atom stereocenters. The first-order valence-electron chi connectivity index (χ1n) is 5.97. The van der Waals surface area contributed by atoms with Crippen LogP contribution >= 0.6 is 11.6 Å². The van der Waals surface area contributed by atoms with Crippen molar-refractivity contribution in [3.63, 3.8) is 0 Å². The SMILES string of the molecule is Clc1cccc(NCc2cc[nH]c2)c1-n1ccnc1. The van der Waals surface area contributed by atoms with Gasteiger partial charge in [0, 0.05) is 31.3 Å². The summed E-state index contributed by atoms with van der Waals surface area (Å²) in [7, 11) is 0. The minimum atomic E-state index is 0.692. The van der Waals surface area contributed by atoms with Gasteiger partial charge < -0.3 is 14.9 Å². The smallest absolute Gasteiger partial charge is 0.0992 e. The van der Waals surface area contributed by atoms with Gasteiger partial charge in [0.2, 0.25) is 0 Å². The molecule has 0 fully saturated rings. The van der Waals surface area contributed by atoms with Crippen molar-refractivity contribution in [1.82, 2.24) is 14.5 Å². The zero-order chi connectivity index (χ0) is 13.1. The van der Waals surface area contributed by atoms with Gasteiger partial charge in [-0.25, -0.2) is 4.98 Å². The van der Waals surface area contributed by atoms with Crippen LogP contribution in [0.25, 0.3) is 5.69 Å². The summed E-state index contributed by atoms with van der Waals surface area (Å²) in [6.07, 6.45) is 9.23. The quantitative estimate of drug-likeness (QED) is 0.764. The Hall–Kier alpha value is -2.20. The standard InChI is InChI=1S/C14H13ClN4/c15-12-2-1-3-13(14(12)19-7-6-17-10-19)18-9-11-4-5-16-8-11/h1-8,10,16,18H,9H2. The number of nitrogens with zero attached hydrogens (tertiary/aromatic N) is 2. The average molecular weight is 273 g/mol. The second-order valence-corrected chi connectivity index (χ2v) is 4.59. The number of halogens is 1. The second kappa shape index (κ2) is 5.20. The van der Waals surface area contributed by atoms with Gasteiger partial charge in [0.15, 0.2) is 0 Å². The Balaban J connectivity index is 1.91. The lowest BCUT2D eigenvalue weighted by Gasteiger charge is -2.13. The van der Waals surface area contributed by atoms with Crippen molar-refractivity contribution in [1.29, 1.82) is 0 Å². The Kier molecular flexibility index (Phi) is 3.25. The molecule has 0 saturated heterocycles. The molecular weight excluding hydrogens is 260 g/mol. The van der Waals surface area contributed by atoms with Gasteiger partial charge in [0.25, 0.3) is 0 Å². The van der Waals surface area contributed by atoms with Gasteiger partial charge in [0.1, 0.15) is 0 Å². The van der Waals surface area contributed by atoms with Crippen molar-refractivity contribution in [2.45, 2.75) is 6.54 Å². The molecule has 0 bridgehead atoms. The highest BCUT2D eigenvalue weighted by Gasteiger charge is 2.08. The largest absolute Gasteiger partial charge is 0.379 e. The maximum atomic E-state index is 6.29. The summed E-state index contributed by atoms with van der Waals surface area (Å²) >= 11 is 6.29. The van der Waals surface area contributed by atoms with Crippen molar-refractivity contribution in [3.8, 4) is 5.69 Å². The minimum Gasteiger partial charge on any atom is -0.379 e. The van der Waals surface area contributed by atoms with Gasteiger partial charge in [-0.05, 0) is 23.8 Å². The molecular formula is C14H13ClN4. The number of hydrogen-bond donors (Lipinski definition) is 2. The Bertz CT molecular complexity index is 644. The number of para-hydroxylation sites is 1. The molecule has 0 aliphatic heterocycles. The highest BCUT2D eigenvalue weighted by atomic mass is 35.5.